The van der Waals surface area contributed by atoms with Crippen LogP contribution in [0.15, 0.2) is 18.2 Å². The monoisotopic (exact) mass is 153 g/mol. The molecule has 0 aliphatic carbocycles. The van der Waals surface area contributed by atoms with Gasteiger partial charge in [-0.2, -0.15) is 4.98 Å². The molecule has 4 nitrogen and oxygen atoms in total. The Morgan fingerprint density at radius 1 is 1.55 bits per heavy atom. The largest absolute Gasteiger partial charge is 0.481 e. The summed E-state index contributed by atoms with van der Waals surface area (Å²) in [5.74, 6) is 6.71. The first-order valence-corrected chi connectivity index (χ1v) is 3.23. The Hall–Kier alpha value is -1.29. The Morgan fingerprint density at radius 2 is 2.27 bits per heavy atom. The maximum absolute atomic E-state index is 5.45. The lowest BCUT2D eigenvalue weighted by atomic mass is 10.4. The van der Waals surface area contributed by atoms with Gasteiger partial charge in [0.05, 0.1) is 7.11 Å². The van der Waals surface area contributed by atoms with Crippen molar-refractivity contribution in [3.05, 3.63) is 18.2 Å². The van der Waals surface area contributed by atoms with Crippen LogP contribution >= 0.6 is 0 Å². The van der Waals surface area contributed by atoms with E-state index in [2.05, 4.69) is 4.98 Å². The van der Waals surface area contributed by atoms with E-state index in [4.69, 9.17) is 10.6 Å². The smallest absolute Gasteiger partial charge is 0.214 e. The van der Waals surface area contributed by atoms with Crippen molar-refractivity contribution in [2.75, 3.05) is 19.2 Å². The number of anilines is 1. The van der Waals surface area contributed by atoms with Crippen LogP contribution in [0.2, 0.25) is 0 Å². The van der Waals surface area contributed by atoms with Gasteiger partial charge in [0.2, 0.25) is 5.88 Å². The van der Waals surface area contributed by atoms with Gasteiger partial charge in [-0.05, 0) is 6.07 Å². The molecule has 0 aromatic carbocycles. The second-order valence-corrected chi connectivity index (χ2v) is 2.15. The highest BCUT2D eigenvalue weighted by Gasteiger charge is 1.97. The number of ether oxygens (including phenoxy) is 1. The van der Waals surface area contributed by atoms with Gasteiger partial charge >= 0.3 is 0 Å². The third-order valence-electron chi connectivity index (χ3n) is 1.28. The van der Waals surface area contributed by atoms with Crippen molar-refractivity contribution < 1.29 is 4.74 Å². The minimum atomic E-state index is 0.569. The summed E-state index contributed by atoms with van der Waals surface area (Å²) < 4.78 is 4.91. The second kappa shape index (κ2) is 3.21. The lowest BCUT2D eigenvalue weighted by Crippen LogP contribution is -2.25. The molecule has 0 aliphatic heterocycles. The highest BCUT2D eigenvalue weighted by Crippen LogP contribution is 2.11. The van der Waals surface area contributed by atoms with Crippen LogP contribution in [0.5, 0.6) is 5.88 Å². The van der Waals surface area contributed by atoms with E-state index in [0.29, 0.717) is 11.7 Å². The van der Waals surface area contributed by atoms with Crippen molar-refractivity contribution in [2.45, 2.75) is 0 Å². The SMILES string of the molecule is COc1cccc(N(C)N)n1. The fourth-order valence-electron chi connectivity index (χ4n) is 0.714. The molecule has 1 rings (SSSR count). The van der Waals surface area contributed by atoms with E-state index in [1.165, 1.54) is 5.01 Å². The van der Waals surface area contributed by atoms with Crippen LogP contribution in [-0.2, 0) is 0 Å². The topological polar surface area (TPSA) is 51.4 Å². The van der Waals surface area contributed by atoms with E-state index >= 15 is 0 Å². The van der Waals surface area contributed by atoms with Crippen LogP contribution in [0.1, 0.15) is 0 Å². The number of aromatic nitrogens is 1. The summed E-state index contributed by atoms with van der Waals surface area (Å²) in [7, 11) is 3.30. The molecule has 0 bridgehead atoms. The average Bonchev–Trinajstić information content (AvgIpc) is 2.05. The molecule has 1 aromatic rings. The molecule has 0 aliphatic rings. The number of hydrogen-bond donors (Lipinski definition) is 1. The maximum Gasteiger partial charge on any atom is 0.214 e. The van der Waals surface area contributed by atoms with Crippen molar-refractivity contribution in [2.24, 2.45) is 5.84 Å². The van der Waals surface area contributed by atoms with E-state index in [9.17, 15) is 0 Å². The predicted molar refractivity (Wildman–Crippen MR) is 43.4 cm³/mol. The zero-order valence-electron chi connectivity index (χ0n) is 6.61. The molecule has 0 radical (unpaired) electrons. The molecule has 0 fully saturated rings. The van der Waals surface area contributed by atoms with Gasteiger partial charge in [0.15, 0.2) is 0 Å². The fraction of sp³-hybridized carbons (Fsp3) is 0.286. The Bertz CT molecular complexity index is 237. The molecule has 11 heavy (non-hydrogen) atoms. The highest BCUT2D eigenvalue weighted by molar-refractivity contribution is 5.37. The van der Waals surface area contributed by atoms with Crippen LogP contribution in [0.25, 0.3) is 0 Å². The predicted octanol–water partition coefficient (Wildman–Crippen LogP) is 0.400. The van der Waals surface area contributed by atoms with E-state index in [0.717, 1.165) is 0 Å². The lowest BCUT2D eigenvalue weighted by molar-refractivity contribution is 0.398. The standard InChI is InChI=1S/C7H11N3O/c1-10(8)6-4-3-5-7(9-6)11-2/h3-5H,8H2,1-2H3. The summed E-state index contributed by atoms with van der Waals surface area (Å²) in [4.78, 5) is 4.07. The molecule has 0 spiro atoms. The molecular weight excluding hydrogens is 142 g/mol. The molecular formula is C7H11N3O. The quantitative estimate of drug-likeness (QED) is 0.493. The van der Waals surface area contributed by atoms with E-state index in [-0.39, 0.29) is 0 Å². The minimum Gasteiger partial charge on any atom is -0.481 e. The highest BCUT2D eigenvalue weighted by atomic mass is 16.5. The number of hydrogen-bond acceptors (Lipinski definition) is 4. The molecule has 60 valence electrons. The normalized spacial score (nSPS) is 9.36. The Balaban J connectivity index is 2.91. The van der Waals surface area contributed by atoms with Crippen LogP contribution in [0.4, 0.5) is 5.82 Å². The van der Waals surface area contributed by atoms with E-state index < -0.39 is 0 Å². The van der Waals surface area contributed by atoms with Crippen LogP contribution < -0.4 is 15.6 Å². The van der Waals surface area contributed by atoms with Gasteiger partial charge in [-0.25, -0.2) is 5.84 Å². The summed E-state index contributed by atoms with van der Waals surface area (Å²) in [6, 6.07) is 5.42. The molecule has 4 heteroatoms. The van der Waals surface area contributed by atoms with Gasteiger partial charge in [0.1, 0.15) is 5.82 Å². The van der Waals surface area contributed by atoms with Crippen molar-refractivity contribution >= 4 is 5.82 Å². The molecule has 0 saturated carbocycles. The van der Waals surface area contributed by atoms with E-state index in [1.807, 2.05) is 12.1 Å². The van der Waals surface area contributed by atoms with Gasteiger partial charge in [-0.3, -0.25) is 5.01 Å². The number of nitrogens with zero attached hydrogens (tertiary/aromatic N) is 2. The minimum absolute atomic E-state index is 0.569. The van der Waals surface area contributed by atoms with Gasteiger partial charge in [0, 0.05) is 13.1 Å². The number of rotatable bonds is 2. The fourth-order valence-corrected chi connectivity index (χ4v) is 0.714. The third kappa shape index (κ3) is 1.81. The molecule has 1 aromatic heterocycles. The lowest BCUT2D eigenvalue weighted by Gasteiger charge is -2.10. The maximum atomic E-state index is 5.45. The van der Waals surface area contributed by atoms with Crippen LogP contribution in [-0.4, -0.2) is 19.1 Å². The van der Waals surface area contributed by atoms with Crippen molar-refractivity contribution in [1.82, 2.24) is 4.98 Å². The van der Waals surface area contributed by atoms with E-state index in [1.54, 1.807) is 20.2 Å². The summed E-state index contributed by atoms with van der Waals surface area (Å²) in [6.07, 6.45) is 0. The first-order valence-electron chi connectivity index (χ1n) is 3.23. The molecule has 1 heterocycles. The summed E-state index contributed by atoms with van der Waals surface area (Å²) in [6.45, 7) is 0. The first-order chi connectivity index (χ1) is 5.24. The Morgan fingerprint density at radius 3 is 2.82 bits per heavy atom. The molecule has 2 N–H and O–H groups in total. The molecule has 0 amide bonds. The Kier molecular flexibility index (Phi) is 2.28. The van der Waals surface area contributed by atoms with Crippen LogP contribution in [0, 0.1) is 0 Å². The summed E-state index contributed by atoms with van der Waals surface area (Å²) in [5.41, 5.74) is 0. The average molecular weight is 153 g/mol. The summed E-state index contributed by atoms with van der Waals surface area (Å²) in [5, 5.41) is 1.43. The van der Waals surface area contributed by atoms with Gasteiger partial charge < -0.3 is 4.74 Å². The van der Waals surface area contributed by atoms with Crippen molar-refractivity contribution in [3.63, 3.8) is 0 Å². The molecule has 0 saturated heterocycles. The van der Waals surface area contributed by atoms with Gasteiger partial charge in [-0.15, -0.1) is 0 Å². The van der Waals surface area contributed by atoms with Gasteiger partial charge in [0.25, 0.3) is 0 Å². The third-order valence-corrected chi connectivity index (χ3v) is 1.28. The van der Waals surface area contributed by atoms with Gasteiger partial charge in [-0.1, -0.05) is 6.07 Å². The van der Waals surface area contributed by atoms with Crippen molar-refractivity contribution in [1.29, 1.82) is 0 Å². The zero-order chi connectivity index (χ0) is 8.27. The summed E-state index contributed by atoms with van der Waals surface area (Å²) >= 11 is 0. The Labute approximate surface area is 65.6 Å². The number of methoxy groups -OCH3 is 1. The van der Waals surface area contributed by atoms with Crippen LogP contribution in [0.3, 0.4) is 0 Å². The number of nitrogens with two attached hydrogens (primary N) is 1. The molecule has 0 unspecified atom stereocenters. The number of pyridine rings is 1. The zero-order valence-corrected chi connectivity index (χ0v) is 6.61. The van der Waals surface area contributed by atoms with Crippen molar-refractivity contribution in [3.8, 4) is 5.88 Å². The first kappa shape index (κ1) is 7.81. The number of hydrazine groups is 1. The second-order valence-electron chi connectivity index (χ2n) is 2.15. The molecule has 0 atom stereocenters.